The number of thiophene rings is 1. The number of hydrogen-bond acceptors (Lipinski definition) is 5. The van der Waals surface area contributed by atoms with Gasteiger partial charge in [-0.3, -0.25) is 9.69 Å². The number of hydrogen-bond donors (Lipinski definition) is 1. The molecule has 4 rings (SSSR count). The van der Waals surface area contributed by atoms with Crippen molar-refractivity contribution in [2.75, 3.05) is 19.6 Å². The van der Waals surface area contributed by atoms with Crippen molar-refractivity contribution in [3.05, 3.63) is 52.4 Å². The van der Waals surface area contributed by atoms with E-state index in [1.165, 1.54) is 34.0 Å². The number of amides is 1. The summed E-state index contributed by atoms with van der Waals surface area (Å²) >= 11 is 1.26. The molecule has 6 nitrogen and oxygen atoms in total. The fraction of sp³-hybridized carbons (Fsp3) is 0.542. The molecule has 2 aliphatic heterocycles. The monoisotopic (exact) mass is 475 g/mol. The molecule has 0 radical (unpaired) electrons. The molecule has 1 amide bonds. The molecule has 1 N–H and O–H groups in total. The highest BCUT2D eigenvalue weighted by molar-refractivity contribution is 7.91. The molecule has 2 saturated heterocycles. The van der Waals surface area contributed by atoms with Crippen LogP contribution < -0.4 is 5.32 Å². The third-order valence-corrected chi connectivity index (χ3v) is 10.0. The maximum absolute atomic E-state index is 13.1. The van der Waals surface area contributed by atoms with E-state index in [0.717, 1.165) is 36.0 Å². The highest BCUT2D eigenvalue weighted by Crippen LogP contribution is 2.30. The fourth-order valence-electron chi connectivity index (χ4n) is 4.60. The zero-order valence-corrected chi connectivity index (χ0v) is 20.6. The SMILES string of the molecule is Cc1ccc(S(=O)(=O)N2CCCC2C(=O)NCc2ccccc2CN2CCC(C)CC2)s1. The number of carbonyl (C=O) groups excluding carboxylic acids is 1. The largest absolute Gasteiger partial charge is 0.351 e. The van der Waals surface area contributed by atoms with E-state index in [0.29, 0.717) is 30.1 Å². The molecule has 2 aromatic rings. The summed E-state index contributed by atoms with van der Waals surface area (Å²) in [6.45, 7) is 8.12. The van der Waals surface area contributed by atoms with E-state index in [1.807, 2.05) is 25.1 Å². The first-order chi connectivity index (χ1) is 15.3. The van der Waals surface area contributed by atoms with Gasteiger partial charge in [0.2, 0.25) is 5.91 Å². The zero-order valence-electron chi connectivity index (χ0n) is 18.9. The summed E-state index contributed by atoms with van der Waals surface area (Å²) in [7, 11) is -3.64. The second kappa shape index (κ2) is 10.0. The van der Waals surface area contributed by atoms with Gasteiger partial charge >= 0.3 is 0 Å². The van der Waals surface area contributed by atoms with Crippen molar-refractivity contribution >= 4 is 27.3 Å². The van der Waals surface area contributed by atoms with Crippen molar-refractivity contribution in [2.24, 2.45) is 5.92 Å². The van der Waals surface area contributed by atoms with Crippen LogP contribution in [0.25, 0.3) is 0 Å². The molecule has 1 atom stereocenters. The topological polar surface area (TPSA) is 69.7 Å². The van der Waals surface area contributed by atoms with Crippen LogP contribution in [0.15, 0.2) is 40.6 Å². The Bertz CT molecular complexity index is 1040. The summed E-state index contributed by atoms with van der Waals surface area (Å²) in [6, 6.07) is 11.0. The molecule has 3 heterocycles. The number of nitrogens with one attached hydrogen (secondary N) is 1. The molecule has 0 saturated carbocycles. The lowest BCUT2D eigenvalue weighted by Crippen LogP contribution is -2.45. The lowest BCUT2D eigenvalue weighted by atomic mass is 9.98. The minimum atomic E-state index is -3.64. The summed E-state index contributed by atoms with van der Waals surface area (Å²) in [4.78, 5) is 16.5. The molecule has 8 heteroatoms. The normalized spacial score (nSPS) is 21.1. The number of aryl methyl sites for hydroxylation is 1. The molecule has 2 aliphatic rings. The Morgan fingerprint density at radius 3 is 2.47 bits per heavy atom. The summed E-state index contributed by atoms with van der Waals surface area (Å²) in [5, 5.41) is 3.02. The van der Waals surface area contributed by atoms with Gasteiger partial charge in [-0.25, -0.2) is 8.42 Å². The van der Waals surface area contributed by atoms with E-state index < -0.39 is 16.1 Å². The number of sulfonamides is 1. The Hall–Kier alpha value is -1.74. The van der Waals surface area contributed by atoms with Gasteiger partial charge in [-0.15, -0.1) is 11.3 Å². The first kappa shape index (κ1) is 23.4. The van der Waals surface area contributed by atoms with Gasteiger partial charge in [0.05, 0.1) is 0 Å². The van der Waals surface area contributed by atoms with Crippen LogP contribution in [0.4, 0.5) is 0 Å². The van der Waals surface area contributed by atoms with Gasteiger partial charge < -0.3 is 5.32 Å². The van der Waals surface area contributed by atoms with Gasteiger partial charge in [0.15, 0.2) is 0 Å². The van der Waals surface area contributed by atoms with E-state index >= 15 is 0 Å². The third kappa shape index (κ3) is 5.25. The lowest BCUT2D eigenvalue weighted by molar-refractivity contribution is -0.124. The Morgan fingerprint density at radius 2 is 1.78 bits per heavy atom. The molecule has 174 valence electrons. The van der Waals surface area contributed by atoms with Crippen molar-refractivity contribution in [3.8, 4) is 0 Å². The Labute approximate surface area is 195 Å². The van der Waals surface area contributed by atoms with E-state index in [2.05, 4.69) is 29.3 Å². The van der Waals surface area contributed by atoms with E-state index in [9.17, 15) is 13.2 Å². The molecule has 1 unspecified atom stereocenters. The number of likely N-dealkylation sites (tertiary alicyclic amines) is 1. The van der Waals surface area contributed by atoms with E-state index in [1.54, 1.807) is 6.07 Å². The van der Waals surface area contributed by atoms with Crippen LogP contribution in [0, 0.1) is 12.8 Å². The zero-order chi connectivity index (χ0) is 22.7. The van der Waals surface area contributed by atoms with Gasteiger partial charge in [0, 0.05) is 24.5 Å². The Morgan fingerprint density at radius 1 is 1.06 bits per heavy atom. The van der Waals surface area contributed by atoms with Crippen LogP contribution in [0.3, 0.4) is 0 Å². The van der Waals surface area contributed by atoms with Gasteiger partial charge in [-0.2, -0.15) is 4.31 Å². The lowest BCUT2D eigenvalue weighted by Gasteiger charge is -2.30. The van der Waals surface area contributed by atoms with Crippen molar-refractivity contribution in [1.29, 1.82) is 0 Å². The van der Waals surface area contributed by atoms with Crippen LogP contribution in [-0.4, -0.2) is 49.2 Å². The standard InChI is InChI=1S/C24H33N3O3S2/c1-18-11-14-26(15-12-18)17-21-7-4-3-6-20(21)16-25-24(28)22-8-5-13-27(22)32(29,30)23-10-9-19(2)31-23/h3-4,6-7,9-10,18,22H,5,8,11-17H2,1-2H3,(H,25,28). The average molecular weight is 476 g/mol. The molecular formula is C24H33N3O3S2. The quantitative estimate of drug-likeness (QED) is 0.662. The number of nitrogens with zero attached hydrogens (tertiary/aromatic N) is 2. The smallest absolute Gasteiger partial charge is 0.253 e. The van der Waals surface area contributed by atoms with Gasteiger partial charge in [0.25, 0.3) is 10.0 Å². The molecule has 1 aromatic heterocycles. The third-order valence-electron chi connectivity index (χ3n) is 6.63. The predicted molar refractivity (Wildman–Crippen MR) is 128 cm³/mol. The Balaban J connectivity index is 1.40. The van der Waals surface area contributed by atoms with Gasteiger partial charge in [-0.1, -0.05) is 31.2 Å². The molecule has 0 bridgehead atoms. The first-order valence-electron chi connectivity index (χ1n) is 11.5. The summed E-state index contributed by atoms with van der Waals surface area (Å²) < 4.78 is 27.9. The summed E-state index contributed by atoms with van der Waals surface area (Å²) in [6.07, 6.45) is 3.72. The fourth-order valence-corrected chi connectivity index (χ4v) is 7.67. The molecule has 1 aromatic carbocycles. The predicted octanol–water partition coefficient (Wildman–Crippen LogP) is 3.76. The van der Waals surface area contributed by atoms with Gasteiger partial charge in [-0.05, 0) is 74.9 Å². The molecule has 0 spiro atoms. The van der Waals surface area contributed by atoms with Crippen LogP contribution in [0.2, 0.25) is 0 Å². The van der Waals surface area contributed by atoms with Crippen LogP contribution >= 0.6 is 11.3 Å². The van der Waals surface area contributed by atoms with Crippen molar-refractivity contribution in [3.63, 3.8) is 0 Å². The Kier molecular flexibility index (Phi) is 7.34. The first-order valence-corrected chi connectivity index (χ1v) is 13.8. The summed E-state index contributed by atoms with van der Waals surface area (Å²) in [5.41, 5.74) is 2.33. The minimum absolute atomic E-state index is 0.207. The van der Waals surface area contributed by atoms with E-state index in [-0.39, 0.29) is 5.91 Å². The highest BCUT2D eigenvalue weighted by Gasteiger charge is 2.40. The number of carbonyl (C=O) groups is 1. The van der Waals surface area contributed by atoms with E-state index in [4.69, 9.17) is 0 Å². The second-order valence-corrected chi connectivity index (χ2v) is 12.5. The molecule has 2 fully saturated rings. The highest BCUT2D eigenvalue weighted by atomic mass is 32.2. The van der Waals surface area contributed by atoms with Crippen LogP contribution in [0.1, 0.15) is 48.6 Å². The van der Waals surface area contributed by atoms with Crippen LogP contribution in [0.5, 0.6) is 0 Å². The number of benzene rings is 1. The maximum atomic E-state index is 13.1. The number of rotatable bonds is 7. The van der Waals surface area contributed by atoms with Crippen molar-refractivity contribution < 1.29 is 13.2 Å². The van der Waals surface area contributed by atoms with Gasteiger partial charge in [0.1, 0.15) is 10.3 Å². The molecule has 0 aliphatic carbocycles. The molecular weight excluding hydrogens is 442 g/mol. The maximum Gasteiger partial charge on any atom is 0.253 e. The minimum Gasteiger partial charge on any atom is -0.351 e. The summed E-state index contributed by atoms with van der Waals surface area (Å²) in [5.74, 6) is 0.588. The van der Waals surface area contributed by atoms with Crippen LogP contribution in [-0.2, 0) is 27.9 Å². The average Bonchev–Trinajstić information content (AvgIpc) is 3.44. The van der Waals surface area contributed by atoms with Crippen molar-refractivity contribution in [1.82, 2.24) is 14.5 Å². The molecule has 32 heavy (non-hydrogen) atoms. The number of piperidine rings is 1. The van der Waals surface area contributed by atoms with Crippen molar-refractivity contribution in [2.45, 2.75) is 62.9 Å². The second-order valence-electron chi connectivity index (χ2n) is 9.08.